The Labute approximate surface area is 163 Å². The molecule has 0 radical (unpaired) electrons. The first-order valence-electron chi connectivity index (χ1n) is 9.90. The Hall–Kier alpha value is -2.83. The van der Waals surface area contributed by atoms with Gasteiger partial charge in [-0.2, -0.15) is 0 Å². The van der Waals surface area contributed by atoms with Gasteiger partial charge in [-0.05, 0) is 44.7 Å². The molecule has 1 N–H and O–H groups in total. The van der Waals surface area contributed by atoms with Crippen LogP contribution in [-0.4, -0.2) is 42.8 Å². The first-order chi connectivity index (χ1) is 13.5. The summed E-state index contributed by atoms with van der Waals surface area (Å²) in [4.78, 5) is 40.2. The minimum Gasteiger partial charge on any atom is -0.450 e. The van der Waals surface area contributed by atoms with Gasteiger partial charge in [0.15, 0.2) is 0 Å². The molecule has 1 fully saturated rings. The van der Waals surface area contributed by atoms with Crippen molar-refractivity contribution in [2.75, 3.05) is 29.9 Å². The summed E-state index contributed by atoms with van der Waals surface area (Å²) in [6.07, 6.45) is 1.98. The van der Waals surface area contributed by atoms with Gasteiger partial charge in [0.2, 0.25) is 0 Å². The monoisotopic (exact) mass is 383 g/mol. The Morgan fingerprint density at radius 1 is 1.18 bits per heavy atom. The Balaban J connectivity index is 1.50. The predicted molar refractivity (Wildman–Crippen MR) is 108 cm³/mol. The summed E-state index contributed by atoms with van der Waals surface area (Å²) in [6, 6.07) is 8.20. The van der Waals surface area contributed by atoms with E-state index in [1.807, 2.05) is 23.1 Å². The number of hydrogen-bond acceptors (Lipinski definition) is 6. The third-order valence-electron chi connectivity index (χ3n) is 5.70. The van der Waals surface area contributed by atoms with Gasteiger partial charge < -0.3 is 19.9 Å². The maximum Gasteiger partial charge on any atom is 0.409 e. The number of ether oxygens (including phenoxy) is 1. The van der Waals surface area contributed by atoms with Crippen LogP contribution in [0.3, 0.4) is 0 Å². The van der Waals surface area contributed by atoms with Crippen LogP contribution >= 0.6 is 0 Å². The van der Waals surface area contributed by atoms with Crippen LogP contribution in [0.1, 0.15) is 32.3 Å². The fraction of sp³-hybridized carbons (Fsp3) is 0.476. The summed E-state index contributed by atoms with van der Waals surface area (Å²) in [5.74, 6) is 0. The number of anilines is 3. The highest BCUT2D eigenvalue weighted by molar-refractivity contribution is 5.83. The molecule has 1 atom stereocenters. The molecule has 4 rings (SSSR count). The van der Waals surface area contributed by atoms with Crippen molar-refractivity contribution in [2.24, 2.45) is 0 Å². The molecule has 2 aliphatic heterocycles. The van der Waals surface area contributed by atoms with Crippen LogP contribution in [-0.2, 0) is 11.2 Å². The quantitative estimate of drug-likeness (QED) is 0.817. The smallest absolute Gasteiger partial charge is 0.409 e. The molecule has 1 saturated heterocycles. The van der Waals surface area contributed by atoms with Crippen LogP contribution in [0.25, 0.3) is 0 Å². The topological polar surface area (TPSA) is 79.0 Å². The van der Waals surface area contributed by atoms with Gasteiger partial charge in [0.1, 0.15) is 11.4 Å². The average Bonchev–Trinajstić information content (AvgIpc) is 3.03. The van der Waals surface area contributed by atoms with Crippen LogP contribution in [0, 0.1) is 0 Å². The first-order valence-corrected chi connectivity index (χ1v) is 9.90. The maximum atomic E-state index is 12.4. The molecule has 148 valence electrons. The molecule has 2 heterocycles. The summed E-state index contributed by atoms with van der Waals surface area (Å²) in [5.41, 5.74) is 2.23. The van der Waals surface area contributed by atoms with E-state index in [9.17, 15) is 14.4 Å². The van der Waals surface area contributed by atoms with Gasteiger partial charge in [-0.1, -0.05) is 18.2 Å². The van der Waals surface area contributed by atoms with E-state index in [-0.39, 0.29) is 18.2 Å². The Kier molecular flexibility index (Phi) is 4.83. The third kappa shape index (κ3) is 3.04. The molecule has 0 unspecified atom stereocenters. The maximum absolute atomic E-state index is 12.4. The van der Waals surface area contributed by atoms with Crippen molar-refractivity contribution < 1.29 is 9.53 Å². The normalized spacial score (nSPS) is 19.7. The zero-order valence-electron chi connectivity index (χ0n) is 16.2. The van der Waals surface area contributed by atoms with Crippen molar-refractivity contribution >= 4 is 23.2 Å². The summed E-state index contributed by atoms with van der Waals surface area (Å²) in [5, 5.41) is 3.29. The SMILES string of the molecule is CCOC(=O)N1CCC(Nc2c(N3c4ccccc4C[C@@H]3C)c(=O)c2=O)CC1. The number of fused-ring (bicyclic) bond motifs is 1. The number of likely N-dealkylation sites (tertiary alicyclic amines) is 1. The van der Waals surface area contributed by atoms with Crippen molar-refractivity contribution in [2.45, 2.75) is 45.2 Å². The minimum absolute atomic E-state index is 0.0564. The molecular weight excluding hydrogens is 358 g/mol. The molecule has 0 aromatic heterocycles. The van der Waals surface area contributed by atoms with E-state index in [2.05, 4.69) is 18.3 Å². The van der Waals surface area contributed by atoms with Crippen LogP contribution in [0.15, 0.2) is 33.9 Å². The second kappa shape index (κ2) is 7.30. The Morgan fingerprint density at radius 3 is 2.61 bits per heavy atom. The summed E-state index contributed by atoms with van der Waals surface area (Å²) in [6.45, 7) is 5.36. The van der Waals surface area contributed by atoms with Crippen LogP contribution in [0.4, 0.5) is 21.9 Å². The number of piperidine rings is 1. The molecular formula is C21H25N3O4. The van der Waals surface area contributed by atoms with E-state index < -0.39 is 10.9 Å². The predicted octanol–water partition coefficient (Wildman–Crippen LogP) is 2.40. The van der Waals surface area contributed by atoms with E-state index >= 15 is 0 Å². The molecule has 0 aliphatic carbocycles. The van der Waals surface area contributed by atoms with E-state index in [1.54, 1.807) is 11.8 Å². The van der Waals surface area contributed by atoms with Gasteiger partial charge in [0, 0.05) is 30.9 Å². The second-order valence-corrected chi connectivity index (χ2v) is 7.54. The Morgan fingerprint density at radius 2 is 1.89 bits per heavy atom. The molecule has 28 heavy (non-hydrogen) atoms. The second-order valence-electron chi connectivity index (χ2n) is 7.54. The van der Waals surface area contributed by atoms with E-state index in [1.165, 1.54) is 5.56 Å². The fourth-order valence-electron chi connectivity index (χ4n) is 4.27. The Bertz CT molecular complexity index is 955. The van der Waals surface area contributed by atoms with Gasteiger partial charge >= 0.3 is 6.09 Å². The van der Waals surface area contributed by atoms with Crippen molar-refractivity contribution in [3.8, 4) is 0 Å². The zero-order valence-corrected chi connectivity index (χ0v) is 16.2. The highest BCUT2D eigenvalue weighted by Crippen LogP contribution is 2.39. The van der Waals surface area contributed by atoms with Gasteiger partial charge in [0.05, 0.1) is 6.61 Å². The highest BCUT2D eigenvalue weighted by atomic mass is 16.6. The number of nitrogens with one attached hydrogen (secondary N) is 1. The van der Waals surface area contributed by atoms with E-state index in [0.29, 0.717) is 43.9 Å². The van der Waals surface area contributed by atoms with Crippen LogP contribution < -0.4 is 21.1 Å². The number of benzene rings is 1. The summed E-state index contributed by atoms with van der Waals surface area (Å²) in [7, 11) is 0. The molecule has 0 spiro atoms. The molecule has 7 nitrogen and oxygen atoms in total. The van der Waals surface area contributed by atoms with E-state index in [0.717, 1.165) is 12.1 Å². The van der Waals surface area contributed by atoms with Gasteiger partial charge in [0.25, 0.3) is 10.9 Å². The van der Waals surface area contributed by atoms with E-state index in [4.69, 9.17) is 4.74 Å². The van der Waals surface area contributed by atoms with Crippen LogP contribution in [0.5, 0.6) is 0 Å². The van der Waals surface area contributed by atoms with Crippen molar-refractivity contribution in [3.05, 3.63) is 50.3 Å². The molecule has 0 bridgehead atoms. The molecule has 2 aromatic carbocycles. The van der Waals surface area contributed by atoms with Crippen molar-refractivity contribution in [1.29, 1.82) is 0 Å². The zero-order chi connectivity index (χ0) is 19.8. The lowest BCUT2D eigenvalue weighted by Crippen LogP contribution is -2.47. The number of nitrogens with zero attached hydrogens (tertiary/aromatic N) is 2. The number of carbonyl (C=O) groups is 1. The van der Waals surface area contributed by atoms with Crippen LogP contribution in [0.2, 0.25) is 0 Å². The fourth-order valence-corrected chi connectivity index (χ4v) is 4.27. The summed E-state index contributed by atoms with van der Waals surface area (Å²) < 4.78 is 5.04. The number of carbonyl (C=O) groups excluding carboxylic acids is 1. The van der Waals surface area contributed by atoms with Gasteiger partial charge in [-0.15, -0.1) is 0 Å². The number of para-hydroxylation sites is 1. The van der Waals surface area contributed by atoms with Gasteiger partial charge in [-0.3, -0.25) is 9.59 Å². The molecule has 2 aromatic rings. The lowest BCUT2D eigenvalue weighted by molar-refractivity contribution is 0.0983. The molecule has 2 aliphatic rings. The molecule has 1 amide bonds. The van der Waals surface area contributed by atoms with Crippen molar-refractivity contribution in [1.82, 2.24) is 4.90 Å². The summed E-state index contributed by atoms with van der Waals surface area (Å²) >= 11 is 0. The first kappa shape index (κ1) is 18.5. The van der Waals surface area contributed by atoms with Gasteiger partial charge in [-0.25, -0.2) is 4.79 Å². The number of amides is 1. The average molecular weight is 383 g/mol. The number of hydrogen-bond donors (Lipinski definition) is 1. The molecule has 0 saturated carbocycles. The third-order valence-corrected chi connectivity index (χ3v) is 5.70. The lowest BCUT2D eigenvalue weighted by Gasteiger charge is -2.34. The molecule has 7 heteroatoms. The number of rotatable bonds is 4. The largest absolute Gasteiger partial charge is 0.450 e. The minimum atomic E-state index is -0.445. The van der Waals surface area contributed by atoms with Crippen molar-refractivity contribution in [3.63, 3.8) is 0 Å². The standard InChI is InChI=1S/C21H25N3O4/c1-3-28-21(27)23-10-8-15(9-11-23)22-17-18(20(26)19(17)25)24-13(2)12-14-6-4-5-7-16(14)24/h4-7,13,15,22H,3,8-12H2,1-2H3/t13-/m0/s1. The highest BCUT2D eigenvalue weighted by Gasteiger charge is 2.36. The lowest BCUT2D eigenvalue weighted by atomic mass is 10.0.